The maximum absolute atomic E-state index is 13.0. The Morgan fingerprint density at radius 1 is 0.967 bits per heavy atom. The number of piperidine rings is 1. The zero-order valence-corrected chi connectivity index (χ0v) is 19.7. The first kappa shape index (κ1) is 26.7. The lowest BCUT2D eigenvalue weighted by molar-refractivity contribution is -0.138. The third kappa shape index (κ3) is 6.33. The Hall–Kier alpha value is -1.34. The van der Waals surface area contributed by atoms with Gasteiger partial charge in [-0.1, -0.05) is 37.3 Å². The number of carbonyl (C=O) groups is 2. The summed E-state index contributed by atoms with van der Waals surface area (Å²) in [4.78, 5) is 31.9. The smallest absolute Gasteiger partial charge is 0.246 e. The van der Waals surface area contributed by atoms with E-state index >= 15 is 0 Å². The van der Waals surface area contributed by atoms with Gasteiger partial charge in [0.1, 0.15) is 5.54 Å². The number of amides is 2. The van der Waals surface area contributed by atoms with E-state index in [4.69, 9.17) is 5.73 Å². The summed E-state index contributed by atoms with van der Waals surface area (Å²) in [5.41, 5.74) is 6.22. The highest BCUT2D eigenvalue weighted by Gasteiger charge is 2.36. The summed E-state index contributed by atoms with van der Waals surface area (Å²) < 4.78 is 0. The van der Waals surface area contributed by atoms with Gasteiger partial charge < -0.3 is 20.4 Å². The molecule has 1 atom stereocenters. The van der Waals surface area contributed by atoms with Gasteiger partial charge in [0.2, 0.25) is 11.8 Å². The Balaban J connectivity index is 0.00000225. The van der Waals surface area contributed by atoms with Crippen molar-refractivity contribution < 1.29 is 9.59 Å². The summed E-state index contributed by atoms with van der Waals surface area (Å²) in [5.74, 6) is 0.606. The van der Waals surface area contributed by atoms with Gasteiger partial charge in [0.25, 0.3) is 0 Å². The molecule has 1 aromatic rings. The molecule has 0 saturated carbocycles. The molecule has 2 saturated heterocycles. The molecule has 0 radical (unpaired) electrons. The number of rotatable bonds is 5. The molecular formula is C22H36Cl2N4O2. The third-order valence-corrected chi connectivity index (χ3v) is 6.35. The van der Waals surface area contributed by atoms with E-state index < -0.39 is 5.54 Å². The fraction of sp³-hybridized carbons (Fsp3) is 0.636. The number of likely N-dealkylation sites (tertiary alicyclic amines) is 1. The van der Waals surface area contributed by atoms with Crippen molar-refractivity contribution in [2.45, 2.75) is 38.6 Å². The van der Waals surface area contributed by atoms with E-state index in [1.54, 1.807) is 6.92 Å². The average molecular weight is 459 g/mol. The molecule has 6 nitrogen and oxygen atoms in total. The lowest BCUT2D eigenvalue weighted by Gasteiger charge is -2.38. The highest BCUT2D eigenvalue weighted by molar-refractivity contribution is 5.87. The van der Waals surface area contributed by atoms with Crippen LogP contribution in [0.2, 0.25) is 0 Å². The van der Waals surface area contributed by atoms with Gasteiger partial charge in [-0.25, -0.2) is 0 Å². The van der Waals surface area contributed by atoms with E-state index in [1.807, 2.05) is 40.1 Å². The Morgan fingerprint density at radius 2 is 1.53 bits per heavy atom. The minimum Gasteiger partial charge on any atom is -0.341 e. The topological polar surface area (TPSA) is 69.9 Å². The van der Waals surface area contributed by atoms with Crippen LogP contribution >= 0.6 is 24.8 Å². The number of piperazine rings is 1. The van der Waals surface area contributed by atoms with Gasteiger partial charge in [0, 0.05) is 45.7 Å². The lowest BCUT2D eigenvalue weighted by Crippen LogP contribution is -2.53. The molecule has 2 N–H and O–H groups in total. The van der Waals surface area contributed by atoms with Crippen molar-refractivity contribution in [3.05, 3.63) is 35.9 Å². The van der Waals surface area contributed by atoms with Gasteiger partial charge >= 0.3 is 0 Å². The predicted octanol–water partition coefficient (Wildman–Crippen LogP) is 2.50. The second kappa shape index (κ2) is 11.9. The SMILES string of the molecule is CCN1CCN(C(=O)CC2CCN(C(=O)C(C)(N)c3ccccc3)CC2)CC1.Cl.Cl. The molecule has 2 amide bonds. The van der Waals surface area contributed by atoms with Gasteiger partial charge in [-0.05, 0) is 37.8 Å². The molecule has 8 heteroatoms. The molecule has 2 heterocycles. The van der Waals surface area contributed by atoms with Crippen LogP contribution in [0.25, 0.3) is 0 Å². The van der Waals surface area contributed by atoms with E-state index in [0.717, 1.165) is 51.1 Å². The van der Waals surface area contributed by atoms with Crippen LogP contribution in [0, 0.1) is 5.92 Å². The van der Waals surface area contributed by atoms with Crippen LogP contribution in [0.5, 0.6) is 0 Å². The van der Waals surface area contributed by atoms with Crippen molar-refractivity contribution in [1.29, 1.82) is 0 Å². The van der Waals surface area contributed by atoms with Gasteiger partial charge in [-0.15, -0.1) is 24.8 Å². The summed E-state index contributed by atoms with van der Waals surface area (Å²) in [6.45, 7) is 10.00. The summed E-state index contributed by atoms with van der Waals surface area (Å²) >= 11 is 0. The second-order valence-corrected chi connectivity index (χ2v) is 8.32. The number of nitrogens with two attached hydrogens (primary N) is 1. The van der Waals surface area contributed by atoms with Gasteiger partial charge in [0.15, 0.2) is 0 Å². The molecule has 170 valence electrons. The van der Waals surface area contributed by atoms with Crippen LogP contribution in [-0.2, 0) is 15.1 Å². The van der Waals surface area contributed by atoms with Crippen molar-refractivity contribution in [3.63, 3.8) is 0 Å². The fourth-order valence-corrected chi connectivity index (χ4v) is 4.27. The highest BCUT2D eigenvalue weighted by atomic mass is 35.5. The Kier molecular flexibility index (Phi) is 10.6. The monoisotopic (exact) mass is 458 g/mol. The maximum Gasteiger partial charge on any atom is 0.246 e. The number of benzene rings is 1. The van der Waals surface area contributed by atoms with Crippen molar-refractivity contribution in [1.82, 2.24) is 14.7 Å². The first-order valence-electron chi connectivity index (χ1n) is 10.6. The number of halogens is 2. The zero-order chi connectivity index (χ0) is 20.1. The Labute approximate surface area is 193 Å². The maximum atomic E-state index is 13.0. The van der Waals surface area contributed by atoms with E-state index in [-0.39, 0.29) is 36.6 Å². The molecule has 1 aromatic carbocycles. The number of nitrogens with zero attached hydrogens (tertiary/aromatic N) is 3. The molecular weight excluding hydrogens is 423 g/mol. The molecule has 0 bridgehead atoms. The quantitative estimate of drug-likeness (QED) is 0.735. The predicted molar refractivity (Wildman–Crippen MR) is 125 cm³/mol. The van der Waals surface area contributed by atoms with Crippen molar-refractivity contribution >= 4 is 36.6 Å². The molecule has 30 heavy (non-hydrogen) atoms. The summed E-state index contributed by atoms with van der Waals surface area (Å²) in [7, 11) is 0. The zero-order valence-electron chi connectivity index (χ0n) is 18.1. The van der Waals surface area contributed by atoms with E-state index in [9.17, 15) is 9.59 Å². The average Bonchev–Trinajstić information content (AvgIpc) is 2.74. The van der Waals surface area contributed by atoms with Crippen molar-refractivity contribution in [3.8, 4) is 0 Å². The van der Waals surface area contributed by atoms with Crippen LogP contribution in [0.4, 0.5) is 0 Å². The summed E-state index contributed by atoms with van der Waals surface area (Å²) in [6.07, 6.45) is 2.35. The van der Waals surface area contributed by atoms with Gasteiger partial charge in [-0.3, -0.25) is 9.59 Å². The van der Waals surface area contributed by atoms with E-state index in [2.05, 4.69) is 11.8 Å². The van der Waals surface area contributed by atoms with E-state index in [0.29, 0.717) is 25.4 Å². The fourth-order valence-electron chi connectivity index (χ4n) is 4.27. The molecule has 1 unspecified atom stereocenters. The lowest BCUT2D eigenvalue weighted by atomic mass is 9.88. The van der Waals surface area contributed by atoms with Gasteiger partial charge in [0.05, 0.1) is 0 Å². The molecule has 0 spiro atoms. The second-order valence-electron chi connectivity index (χ2n) is 8.32. The first-order valence-corrected chi connectivity index (χ1v) is 10.6. The molecule has 2 aliphatic rings. The Bertz CT molecular complexity index is 671. The number of carbonyl (C=O) groups excluding carboxylic acids is 2. The number of likely N-dealkylation sites (N-methyl/N-ethyl adjacent to an activating group) is 1. The molecule has 2 fully saturated rings. The molecule has 0 aliphatic carbocycles. The van der Waals surface area contributed by atoms with Crippen LogP contribution in [0.1, 0.15) is 38.7 Å². The van der Waals surface area contributed by atoms with Gasteiger partial charge in [-0.2, -0.15) is 0 Å². The number of hydrogen-bond acceptors (Lipinski definition) is 4. The minimum atomic E-state index is -1.01. The molecule has 0 aromatic heterocycles. The normalized spacial score (nSPS) is 20.0. The van der Waals surface area contributed by atoms with E-state index in [1.165, 1.54) is 0 Å². The molecule has 2 aliphatic heterocycles. The first-order chi connectivity index (χ1) is 13.4. The summed E-state index contributed by atoms with van der Waals surface area (Å²) in [6, 6.07) is 9.55. The third-order valence-electron chi connectivity index (χ3n) is 6.35. The van der Waals surface area contributed by atoms with Crippen LogP contribution < -0.4 is 5.73 Å². The minimum absolute atomic E-state index is 0. The van der Waals surface area contributed by atoms with Crippen molar-refractivity contribution in [2.24, 2.45) is 11.7 Å². The van der Waals surface area contributed by atoms with Crippen LogP contribution in [0.15, 0.2) is 30.3 Å². The van der Waals surface area contributed by atoms with Crippen molar-refractivity contribution in [2.75, 3.05) is 45.8 Å². The standard InChI is InChI=1S/C22H34N4O2.2ClH/c1-3-24-13-15-25(16-14-24)20(27)17-18-9-11-26(12-10-18)21(28)22(2,23)19-7-5-4-6-8-19;;/h4-8,18H,3,9-17,23H2,1-2H3;2*1H. The van der Waals surface area contributed by atoms with Crippen LogP contribution in [-0.4, -0.2) is 72.3 Å². The summed E-state index contributed by atoms with van der Waals surface area (Å²) in [5, 5.41) is 0. The largest absolute Gasteiger partial charge is 0.341 e. The molecule has 3 rings (SSSR count). The Morgan fingerprint density at radius 3 is 2.07 bits per heavy atom. The van der Waals surface area contributed by atoms with Crippen LogP contribution in [0.3, 0.4) is 0 Å². The number of hydrogen-bond donors (Lipinski definition) is 1. The highest BCUT2D eigenvalue weighted by Crippen LogP contribution is 2.26.